The average Bonchev–Trinajstić information content (AvgIpc) is 3.34. The van der Waals surface area contributed by atoms with E-state index in [-0.39, 0.29) is 17.6 Å². The average molecular weight is 383 g/mol. The number of para-hydroxylation sites is 1. The van der Waals surface area contributed by atoms with Crippen molar-refractivity contribution in [2.24, 2.45) is 17.8 Å². The molecule has 3 fully saturated rings. The van der Waals surface area contributed by atoms with E-state index in [0.29, 0.717) is 35.6 Å². The monoisotopic (exact) mass is 382 g/mol. The molecule has 0 bridgehead atoms. The number of hydrogen-bond donors (Lipinski definition) is 0. The zero-order chi connectivity index (χ0) is 19.5. The summed E-state index contributed by atoms with van der Waals surface area (Å²) >= 11 is 0. The smallest absolute Gasteiger partial charge is 0.226 e. The van der Waals surface area contributed by atoms with Crippen LogP contribution in [0, 0.1) is 17.8 Å². The molecule has 0 radical (unpaired) electrons. The van der Waals surface area contributed by atoms with Gasteiger partial charge in [-0.15, -0.1) is 0 Å². The van der Waals surface area contributed by atoms with Crippen molar-refractivity contribution in [3.8, 4) is 5.75 Å². The Kier molecular flexibility index (Phi) is 4.27. The summed E-state index contributed by atoms with van der Waals surface area (Å²) in [4.78, 5) is 30.7. The number of piperidine rings is 1. The van der Waals surface area contributed by atoms with Crippen LogP contribution in [0.2, 0.25) is 0 Å². The van der Waals surface area contributed by atoms with E-state index in [9.17, 15) is 9.59 Å². The lowest BCUT2D eigenvalue weighted by molar-refractivity contribution is -0.137. The van der Waals surface area contributed by atoms with Crippen LogP contribution in [0.4, 0.5) is 0 Å². The number of hydrogen-bond acceptors (Lipinski definition) is 4. The second-order valence-corrected chi connectivity index (χ2v) is 9.18. The molecule has 0 unspecified atom stereocenters. The molecule has 28 heavy (non-hydrogen) atoms. The summed E-state index contributed by atoms with van der Waals surface area (Å²) in [6, 6.07) is 7.93. The number of rotatable bonds is 3. The summed E-state index contributed by atoms with van der Waals surface area (Å²) in [5.74, 6) is 1.83. The van der Waals surface area contributed by atoms with E-state index in [4.69, 9.17) is 4.74 Å². The standard InChI is InChI=1S/C23H30N2O3/c1-3-25(15-9-12-24(2)13-10-15)22(27)20-17-8-11-23(21(17)20)14-18(26)16-6-4-5-7-19(16)28-23/h4-7,15,17,20-21H,3,8-14H2,1-2H3/t17-,20+,21+,23+/m0/s1. The second-order valence-electron chi connectivity index (χ2n) is 9.18. The molecule has 4 atom stereocenters. The van der Waals surface area contributed by atoms with Gasteiger partial charge < -0.3 is 14.5 Å². The van der Waals surface area contributed by atoms with E-state index in [1.54, 1.807) is 0 Å². The molecule has 2 heterocycles. The van der Waals surface area contributed by atoms with Gasteiger partial charge in [-0.1, -0.05) is 12.1 Å². The fraction of sp³-hybridized carbons (Fsp3) is 0.652. The largest absolute Gasteiger partial charge is 0.486 e. The molecule has 2 saturated carbocycles. The third-order valence-corrected chi connectivity index (χ3v) is 7.68. The van der Waals surface area contributed by atoms with Crippen LogP contribution in [-0.2, 0) is 4.79 Å². The Morgan fingerprint density at radius 2 is 2.00 bits per heavy atom. The van der Waals surface area contributed by atoms with Crippen molar-refractivity contribution in [1.82, 2.24) is 9.80 Å². The minimum atomic E-state index is -0.456. The highest BCUT2D eigenvalue weighted by Gasteiger charge is 2.71. The Balaban J connectivity index is 1.34. The number of likely N-dealkylation sites (tertiary alicyclic amines) is 1. The molecule has 0 aromatic heterocycles. The topological polar surface area (TPSA) is 49.9 Å². The van der Waals surface area contributed by atoms with Crippen molar-refractivity contribution < 1.29 is 14.3 Å². The van der Waals surface area contributed by atoms with Gasteiger partial charge in [0.05, 0.1) is 12.0 Å². The number of ether oxygens (including phenoxy) is 1. The highest BCUT2D eigenvalue weighted by molar-refractivity contribution is 6.00. The van der Waals surface area contributed by atoms with Crippen molar-refractivity contribution in [2.75, 3.05) is 26.7 Å². The van der Waals surface area contributed by atoms with Gasteiger partial charge >= 0.3 is 0 Å². The molecule has 4 aliphatic rings. The van der Waals surface area contributed by atoms with Gasteiger partial charge in [-0.3, -0.25) is 9.59 Å². The Labute approximate surface area is 167 Å². The molecule has 1 amide bonds. The predicted molar refractivity (Wildman–Crippen MR) is 106 cm³/mol. The van der Waals surface area contributed by atoms with Gasteiger partial charge in [0.15, 0.2) is 5.78 Å². The number of amides is 1. The highest BCUT2D eigenvalue weighted by Crippen LogP contribution is 2.66. The number of carbonyl (C=O) groups excluding carboxylic acids is 2. The van der Waals surface area contributed by atoms with Crippen molar-refractivity contribution >= 4 is 11.7 Å². The van der Waals surface area contributed by atoms with E-state index in [2.05, 4.69) is 23.8 Å². The quantitative estimate of drug-likeness (QED) is 0.806. The van der Waals surface area contributed by atoms with E-state index in [1.807, 2.05) is 24.3 Å². The first-order chi connectivity index (χ1) is 13.5. The summed E-state index contributed by atoms with van der Waals surface area (Å²) in [5.41, 5.74) is 0.240. The Bertz CT molecular complexity index is 801. The van der Waals surface area contributed by atoms with Crippen LogP contribution < -0.4 is 4.74 Å². The van der Waals surface area contributed by atoms with E-state index < -0.39 is 5.60 Å². The van der Waals surface area contributed by atoms with Crippen LogP contribution in [0.1, 0.15) is 49.4 Å². The molecule has 1 aromatic rings. The Morgan fingerprint density at radius 1 is 1.25 bits per heavy atom. The number of fused-ring (bicyclic) bond motifs is 3. The molecular weight excluding hydrogens is 352 g/mol. The van der Waals surface area contributed by atoms with Gasteiger partial charge in [-0.2, -0.15) is 0 Å². The van der Waals surface area contributed by atoms with Crippen molar-refractivity contribution in [3.05, 3.63) is 29.8 Å². The van der Waals surface area contributed by atoms with E-state index >= 15 is 0 Å². The first kappa shape index (κ1) is 18.2. The minimum absolute atomic E-state index is 0.0476. The van der Waals surface area contributed by atoms with Gasteiger partial charge in [0, 0.05) is 24.4 Å². The van der Waals surface area contributed by atoms with Crippen LogP contribution >= 0.6 is 0 Å². The fourth-order valence-electron chi connectivity index (χ4n) is 6.19. The maximum Gasteiger partial charge on any atom is 0.226 e. The van der Waals surface area contributed by atoms with Crippen molar-refractivity contribution in [3.63, 3.8) is 0 Å². The molecule has 5 heteroatoms. The molecular formula is C23H30N2O3. The van der Waals surface area contributed by atoms with Crippen molar-refractivity contribution in [1.29, 1.82) is 0 Å². The summed E-state index contributed by atoms with van der Waals surface area (Å²) in [6.07, 6.45) is 4.45. The number of Topliss-reactive ketones (excluding diaryl/α,β-unsaturated/α-hetero) is 1. The lowest BCUT2D eigenvalue weighted by Gasteiger charge is -2.39. The number of benzene rings is 1. The normalized spacial score (nSPS) is 34.6. The SMILES string of the molecule is CCN(C(=O)[C@@H]1[C@@H]2CC[C@@]3(CC(=O)c4ccccc4O3)[C@H]21)C1CCN(C)CC1. The predicted octanol–water partition coefficient (Wildman–Crippen LogP) is 2.99. The number of carbonyl (C=O) groups is 2. The summed E-state index contributed by atoms with van der Waals surface area (Å²) < 4.78 is 6.46. The maximum atomic E-state index is 13.5. The summed E-state index contributed by atoms with van der Waals surface area (Å²) in [5, 5.41) is 0. The molecule has 1 saturated heterocycles. The van der Waals surface area contributed by atoms with E-state index in [0.717, 1.165) is 45.3 Å². The molecule has 1 spiro atoms. The van der Waals surface area contributed by atoms with Crippen molar-refractivity contribution in [2.45, 2.75) is 50.7 Å². The Morgan fingerprint density at radius 3 is 2.75 bits per heavy atom. The van der Waals surface area contributed by atoms with Crippen LogP contribution in [0.5, 0.6) is 5.75 Å². The lowest BCUT2D eigenvalue weighted by Crippen LogP contribution is -2.49. The van der Waals surface area contributed by atoms with Gasteiger partial charge in [0.2, 0.25) is 5.91 Å². The van der Waals surface area contributed by atoms with E-state index in [1.165, 1.54) is 0 Å². The molecule has 5 nitrogen and oxygen atoms in total. The van der Waals surface area contributed by atoms with Gasteiger partial charge in [0.1, 0.15) is 11.4 Å². The molecule has 5 rings (SSSR count). The zero-order valence-electron chi connectivity index (χ0n) is 16.9. The number of ketones is 1. The van der Waals surface area contributed by atoms with Crippen LogP contribution in [0.25, 0.3) is 0 Å². The van der Waals surface area contributed by atoms with Crippen LogP contribution in [0.3, 0.4) is 0 Å². The third kappa shape index (κ3) is 2.70. The van der Waals surface area contributed by atoms with Crippen LogP contribution in [-0.4, -0.2) is 59.8 Å². The molecule has 1 aromatic carbocycles. The minimum Gasteiger partial charge on any atom is -0.486 e. The van der Waals surface area contributed by atoms with Gasteiger partial charge in [-0.25, -0.2) is 0 Å². The fourth-order valence-corrected chi connectivity index (χ4v) is 6.19. The third-order valence-electron chi connectivity index (χ3n) is 7.68. The Hall–Kier alpha value is -1.88. The molecule has 2 aliphatic carbocycles. The maximum absolute atomic E-state index is 13.5. The molecule has 2 aliphatic heterocycles. The second kappa shape index (κ2) is 6.58. The summed E-state index contributed by atoms with van der Waals surface area (Å²) in [7, 11) is 2.15. The van der Waals surface area contributed by atoms with Crippen LogP contribution in [0.15, 0.2) is 24.3 Å². The first-order valence-electron chi connectivity index (χ1n) is 10.8. The van der Waals surface area contributed by atoms with Gasteiger partial charge in [0.25, 0.3) is 0 Å². The number of nitrogens with zero attached hydrogens (tertiary/aromatic N) is 2. The highest BCUT2D eigenvalue weighted by atomic mass is 16.5. The summed E-state index contributed by atoms with van der Waals surface area (Å²) in [6.45, 7) is 4.99. The zero-order valence-corrected chi connectivity index (χ0v) is 16.9. The first-order valence-corrected chi connectivity index (χ1v) is 10.8. The van der Waals surface area contributed by atoms with Gasteiger partial charge in [-0.05, 0) is 70.8 Å². The molecule has 0 N–H and O–H groups in total. The molecule has 150 valence electrons. The lowest BCUT2D eigenvalue weighted by atomic mass is 9.84.